The highest BCUT2D eigenvalue weighted by Crippen LogP contribution is 2.17. The second-order valence-electron chi connectivity index (χ2n) is 2.86. The second kappa shape index (κ2) is 2.20. The molecule has 0 spiro atoms. The van der Waals surface area contributed by atoms with E-state index in [-0.39, 0.29) is 0 Å². The van der Waals surface area contributed by atoms with Crippen LogP contribution in [0, 0.1) is 13.8 Å². The number of nitrogens with zero attached hydrogens (tertiary/aromatic N) is 2. The van der Waals surface area contributed by atoms with Crippen molar-refractivity contribution >= 4 is 17.0 Å². The zero-order valence-electron chi connectivity index (χ0n) is 7.05. The summed E-state index contributed by atoms with van der Waals surface area (Å²) in [4.78, 5) is 11.3. The number of anilines is 1. The molecule has 0 aliphatic rings. The Bertz CT molecular complexity index is 430. The number of aromatic amines is 1. The van der Waals surface area contributed by atoms with Gasteiger partial charge in [0.25, 0.3) is 0 Å². The van der Waals surface area contributed by atoms with Gasteiger partial charge in [0.2, 0.25) is 5.95 Å². The van der Waals surface area contributed by atoms with Gasteiger partial charge < -0.3 is 10.7 Å². The minimum Gasteiger partial charge on any atom is -0.368 e. The minimum atomic E-state index is 0.336. The Labute approximate surface area is 69.8 Å². The molecule has 0 aliphatic carbocycles. The first kappa shape index (κ1) is 7.09. The monoisotopic (exact) mass is 162 g/mol. The van der Waals surface area contributed by atoms with Crippen LogP contribution in [0.3, 0.4) is 0 Å². The maximum absolute atomic E-state index is 5.52. The Morgan fingerprint density at radius 1 is 1.33 bits per heavy atom. The van der Waals surface area contributed by atoms with Crippen LogP contribution in [0.5, 0.6) is 0 Å². The second-order valence-corrected chi connectivity index (χ2v) is 2.86. The fourth-order valence-electron chi connectivity index (χ4n) is 1.30. The van der Waals surface area contributed by atoms with Gasteiger partial charge in [-0.3, -0.25) is 0 Å². The molecule has 0 atom stereocenters. The SMILES string of the molecule is Cc1c[nH]c2c(C)nc(N)nc12. The first-order valence-corrected chi connectivity index (χ1v) is 3.76. The summed E-state index contributed by atoms with van der Waals surface area (Å²) in [6.07, 6.45) is 1.91. The predicted molar refractivity (Wildman–Crippen MR) is 47.8 cm³/mol. The molecule has 0 amide bonds. The van der Waals surface area contributed by atoms with Crippen molar-refractivity contribution in [3.63, 3.8) is 0 Å². The van der Waals surface area contributed by atoms with E-state index in [1.165, 1.54) is 0 Å². The van der Waals surface area contributed by atoms with Crippen LogP contribution < -0.4 is 5.73 Å². The fourth-order valence-corrected chi connectivity index (χ4v) is 1.30. The Hall–Kier alpha value is -1.58. The van der Waals surface area contributed by atoms with Gasteiger partial charge >= 0.3 is 0 Å². The highest BCUT2D eigenvalue weighted by molar-refractivity contribution is 5.81. The summed E-state index contributed by atoms with van der Waals surface area (Å²) in [5.41, 5.74) is 9.40. The first-order valence-electron chi connectivity index (χ1n) is 3.76. The van der Waals surface area contributed by atoms with Gasteiger partial charge in [0.15, 0.2) is 0 Å². The maximum atomic E-state index is 5.52. The summed E-state index contributed by atoms with van der Waals surface area (Å²) < 4.78 is 0. The van der Waals surface area contributed by atoms with Gasteiger partial charge in [-0.2, -0.15) is 0 Å². The zero-order valence-corrected chi connectivity index (χ0v) is 7.05. The summed E-state index contributed by atoms with van der Waals surface area (Å²) in [7, 11) is 0. The van der Waals surface area contributed by atoms with E-state index >= 15 is 0 Å². The van der Waals surface area contributed by atoms with Crippen LogP contribution >= 0.6 is 0 Å². The number of aryl methyl sites for hydroxylation is 2. The van der Waals surface area contributed by atoms with Gasteiger partial charge in [0.1, 0.15) is 0 Å². The molecule has 0 bridgehead atoms. The van der Waals surface area contributed by atoms with Gasteiger partial charge in [-0.15, -0.1) is 0 Å². The molecule has 2 aromatic rings. The van der Waals surface area contributed by atoms with Gasteiger partial charge in [-0.1, -0.05) is 0 Å². The molecule has 0 aromatic carbocycles. The van der Waals surface area contributed by atoms with E-state index < -0.39 is 0 Å². The molecule has 0 radical (unpaired) electrons. The number of nitrogens with two attached hydrogens (primary N) is 1. The number of H-pyrrole nitrogens is 1. The lowest BCUT2D eigenvalue weighted by atomic mass is 10.3. The van der Waals surface area contributed by atoms with Crippen molar-refractivity contribution < 1.29 is 0 Å². The molecule has 12 heavy (non-hydrogen) atoms. The maximum Gasteiger partial charge on any atom is 0.220 e. The van der Waals surface area contributed by atoms with E-state index in [0.717, 1.165) is 22.3 Å². The van der Waals surface area contributed by atoms with E-state index in [1.54, 1.807) is 0 Å². The Balaban J connectivity index is 2.92. The zero-order chi connectivity index (χ0) is 8.72. The molecule has 0 saturated heterocycles. The van der Waals surface area contributed by atoms with Crippen LogP contribution in [-0.2, 0) is 0 Å². The molecule has 0 fully saturated rings. The first-order chi connectivity index (χ1) is 5.68. The number of fused-ring (bicyclic) bond motifs is 1. The van der Waals surface area contributed by atoms with E-state index in [4.69, 9.17) is 5.73 Å². The van der Waals surface area contributed by atoms with Crippen LogP contribution in [0.25, 0.3) is 11.0 Å². The van der Waals surface area contributed by atoms with E-state index in [9.17, 15) is 0 Å². The van der Waals surface area contributed by atoms with Crippen molar-refractivity contribution in [2.45, 2.75) is 13.8 Å². The summed E-state index contributed by atoms with van der Waals surface area (Å²) in [6, 6.07) is 0. The molecule has 0 unspecified atom stereocenters. The molecule has 2 rings (SSSR count). The summed E-state index contributed by atoms with van der Waals surface area (Å²) >= 11 is 0. The van der Waals surface area contributed by atoms with Crippen molar-refractivity contribution in [3.8, 4) is 0 Å². The number of rotatable bonds is 0. The van der Waals surface area contributed by atoms with Gasteiger partial charge in [-0.05, 0) is 19.4 Å². The highest BCUT2D eigenvalue weighted by Gasteiger charge is 2.05. The number of aromatic nitrogens is 3. The molecule has 0 aliphatic heterocycles. The van der Waals surface area contributed by atoms with Gasteiger partial charge in [0.05, 0.1) is 16.7 Å². The van der Waals surface area contributed by atoms with Crippen molar-refractivity contribution in [1.82, 2.24) is 15.0 Å². The summed E-state index contributed by atoms with van der Waals surface area (Å²) in [5.74, 6) is 0.336. The van der Waals surface area contributed by atoms with E-state index in [1.807, 2.05) is 20.0 Å². The van der Waals surface area contributed by atoms with Crippen molar-refractivity contribution in [1.29, 1.82) is 0 Å². The normalized spacial score (nSPS) is 10.8. The average molecular weight is 162 g/mol. The molecule has 62 valence electrons. The van der Waals surface area contributed by atoms with Crippen molar-refractivity contribution in [3.05, 3.63) is 17.5 Å². The Morgan fingerprint density at radius 3 is 2.83 bits per heavy atom. The molecular formula is C8H10N4. The van der Waals surface area contributed by atoms with Crippen molar-refractivity contribution in [2.24, 2.45) is 0 Å². The Kier molecular flexibility index (Phi) is 1.30. The lowest BCUT2D eigenvalue weighted by molar-refractivity contribution is 1.16. The molecule has 2 heterocycles. The standard InChI is InChI=1S/C8H10N4/c1-4-3-10-7-5(2)11-8(9)12-6(4)7/h3,10H,1-2H3,(H2,9,11,12). The number of nitrogen functional groups attached to an aromatic ring is 1. The van der Waals surface area contributed by atoms with Gasteiger partial charge in [-0.25, -0.2) is 9.97 Å². The number of hydrogen-bond acceptors (Lipinski definition) is 3. The number of hydrogen-bond donors (Lipinski definition) is 2. The topological polar surface area (TPSA) is 67.6 Å². The number of nitrogens with one attached hydrogen (secondary N) is 1. The smallest absolute Gasteiger partial charge is 0.220 e. The third-order valence-corrected chi connectivity index (χ3v) is 1.91. The average Bonchev–Trinajstić information content (AvgIpc) is 2.33. The van der Waals surface area contributed by atoms with Crippen LogP contribution in [0.15, 0.2) is 6.20 Å². The van der Waals surface area contributed by atoms with Crippen LogP contribution in [-0.4, -0.2) is 15.0 Å². The molecule has 2 aromatic heterocycles. The Morgan fingerprint density at radius 2 is 2.08 bits per heavy atom. The molecule has 3 N–H and O–H groups in total. The fraction of sp³-hybridized carbons (Fsp3) is 0.250. The minimum absolute atomic E-state index is 0.336. The van der Waals surface area contributed by atoms with Crippen molar-refractivity contribution in [2.75, 3.05) is 5.73 Å². The lowest BCUT2D eigenvalue weighted by Gasteiger charge is -1.96. The highest BCUT2D eigenvalue weighted by atomic mass is 15.0. The molecular weight excluding hydrogens is 152 g/mol. The van der Waals surface area contributed by atoms with Crippen LogP contribution in [0.2, 0.25) is 0 Å². The van der Waals surface area contributed by atoms with E-state index in [0.29, 0.717) is 5.95 Å². The summed E-state index contributed by atoms with van der Waals surface area (Å²) in [6.45, 7) is 3.90. The van der Waals surface area contributed by atoms with Crippen LogP contribution in [0.4, 0.5) is 5.95 Å². The third kappa shape index (κ3) is 0.845. The summed E-state index contributed by atoms with van der Waals surface area (Å²) in [5, 5.41) is 0. The van der Waals surface area contributed by atoms with Crippen LogP contribution in [0.1, 0.15) is 11.3 Å². The third-order valence-electron chi connectivity index (χ3n) is 1.91. The molecule has 0 saturated carbocycles. The largest absolute Gasteiger partial charge is 0.368 e. The molecule has 4 nitrogen and oxygen atoms in total. The lowest BCUT2D eigenvalue weighted by Crippen LogP contribution is -1.96. The van der Waals surface area contributed by atoms with Gasteiger partial charge in [0, 0.05) is 6.20 Å². The molecule has 4 heteroatoms. The predicted octanol–water partition coefficient (Wildman–Crippen LogP) is 1.16. The quantitative estimate of drug-likeness (QED) is 0.610. The van der Waals surface area contributed by atoms with E-state index in [2.05, 4.69) is 15.0 Å².